The topological polar surface area (TPSA) is 121 Å². The Hall–Kier alpha value is -3.62. The van der Waals surface area contributed by atoms with Crippen LogP contribution in [0.2, 0.25) is 0 Å². The Kier molecular flexibility index (Phi) is 4.79. The van der Waals surface area contributed by atoms with E-state index in [1.165, 1.54) is 4.90 Å². The molecule has 1 aromatic heterocycles. The molecule has 4 amide bonds. The molecule has 2 aliphatic rings. The lowest BCUT2D eigenvalue weighted by Gasteiger charge is -2.29. The fraction of sp³-hybridized carbons (Fsp3) is 0.300. The van der Waals surface area contributed by atoms with Crippen LogP contribution in [-0.4, -0.2) is 44.5 Å². The smallest absolute Gasteiger partial charge is 0.258 e. The molecule has 0 spiro atoms. The first-order valence-electron chi connectivity index (χ1n) is 9.37. The van der Waals surface area contributed by atoms with Crippen molar-refractivity contribution in [3.8, 4) is 0 Å². The molecule has 2 N–H and O–H groups in total. The van der Waals surface area contributed by atoms with E-state index in [4.69, 9.17) is 0 Å². The summed E-state index contributed by atoms with van der Waals surface area (Å²) in [5.41, 5.74) is 2.30. The van der Waals surface area contributed by atoms with Crippen LogP contribution in [0.3, 0.4) is 0 Å². The third-order valence-corrected chi connectivity index (χ3v) is 5.09. The summed E-state index contributed by atoms with van der Waals surface area (Å²) in [7, 11) is 0. The van der Waals surface area contributed by atoms with Gasteiger partial charge in [0.15, 0.2) is 0 Å². The fourth-order valence-corrected chi connectivity index (χ4v) is 3.54. The molecule has 148 valence electrons. The quantitative estimate of drug-likeness (QED) is 0.749. The number of aromatic nitrogens is 2. The molecule has 1 atom stereocenters. The average molecular weight is 393 g/mol. The summed E-state index contributed by atoms with van der Waals surface area (Å²) in [6.45, 7) is 2.17. The normalized spacial score (nSPS) is 18.4. The van der Waals surface area contributed by atoms with Gasteiger partial charge in [0.05, 0.1) is 0 Å². The summed E-state index contributed by atoms with van der Waals surface area (Å²) < 4.78 is 0. The van der Waals surface area contributed by atoms with Crippen molar-refractivity contribution in [2.45, 2.75) is 38.8 Å². The first-order valence-corrected chi connectivity index (χ1v) is 9.37. The molecule has 0 radical (unpaired) electrons. The van der Waals surface area contributed by atoms with Crippen LogP contribution in [0.15, 0.2) is 30.5 Å². The van der Waals surface area contributed by atoms with Crippen molar-refractivity contribution >= 4 is 29.6 Å². The van der Waals surface area contributed by atoms with Crippen LogP contribution in [0.4, 0.5) is 5.95 Å². The van der Waals surface area contributed by atoms with Gasteiger partial charge in [0.1, 0.15) is 6.04 Å². The van der Waals surface area contributed by atoms with Crippen molar-refractivity contribution in [2.24, 2.45) is 0 Å². The lowest BCUT2D eigenvalue weighted by molar-refractivity contribution is -0.136. The Morgan fingerprint density at radius 3 is 2.86 bits per heavy atom. The molecule has 0 bridgehead atoms. The van der Waals surface area contributed by atoms with Crippen molar-refractivity contribution in [3.63, 3.8) is 0 Å². The molecule has 0 saturated carbocycles. The number of nitrogens with one attached hydrogen (secondary N) is 2. The Labute approximate surface area is 166 Å². The number of fused-ring (bicyclic) bond motifs is 1. The number of imide groups is 1. The highest BCUT2D eigenvalue weighted by Crippen LogP contribution is 2.28. The van der Waals surface area contributed by atoms with Gasteiger partial charge in [-0.05, 0) is 42.7 Å². The van der Waals surface area contributed by atoms with E-state index in [0.717, 1.165) is 12.1 Å². The molecule has 2 aromatic rings. The van der Waals surface area contributed by atoms with Gasteiger partial charge in [0, 0.05) is 36.0 Å². The average Bonchev–Trinajstić information content (AvgIpc) is 3.04. The molecule has 1 saturated heterocycles. The van der Waals surface area contributed by atoms with Crippen molar-refractivity contribution in [1.29, 1.82) is 0 Å². The molecule has 9 nitrogen and oxygen atoms in total. The van der Waals surface area contributed by atoms with Gasteiger partial charge in [-0.3, -0.25) is 29.8 Å². The van der Waals surface area contributed by atoms with Crippen molar-refractivity contribution in [1.82, 2.24) is 20.2 Å². The zero-order valence-electron chi connectivity index (χ0n) is 15.8. The monoisotopic (exact) mass is 393 g/mol. The lowest BCUT2D eigenvalue weighted by Crippen LogP contribution is -2.52. The number of carbonyl (C=O) groups excluding carboxylic acids is 4. The van der Waals surface area contributed by atoms with E-state index in [2.05, 4.69) is 20.6 Å². The minimum absolute atomic E-state index is 0.195. The Morgan fingerprint density at radius 2 is 2.10 bits per heavy atom. The van der Waals surface area contributed by atoms with Crippen molar-refractivity contribution in [3.05, 3.63) is 52.8 Å². The highest BCUT2D eigenvalue weighted by molar-refractivity contribution is 6.07. The number of anilines is 1. The largest absolute Gasteiger partial charge is 0.322 e. The number of benzene rings is 1. The number of amides is 4. The van der Waals surface area contributed by atoms with Crippen molar-refractivity contribution < 1.29 is 19.2 Å². The third-order valence-electron chi connectivity index (χ3n) is 5.09. The van der Waals surface area contributed by atoms with E-state index in [-0.39, 0.29) is 36.6 Å². The maximum absolute atomic E-state index is 12.7. The number of nitrogens with zero attached hydrogens (tertiary/aromatic N) is 3. The maximum atomic E-state index is 12.7. The molecular formula is C20H19N5O4. The molecule has 1 fully saturated rings. The summed E-state index contributed by atoms with van der Waals surface area (Å²) in [6.07, 6.45) is 2.80. The molecule has 1 unspecified atom stereocenters. The Morgan fingerprint density at radius 1 is 1.28 bits per heavy atom. The summed E-state index contributed by atoms with van der Waals surface area (Å²) in [4.78, 5) is 58.5. The van der Waals surface area contributed by atoms with Crippen LogP contribution in [0.25, 0.3) is 0 Å². The van der Waals surface area contributed by atoms with E-state index in [1.807, 2.05) is 6.92 Å². The first-order chi connectivity index (χ1) is 14.0. The summed E-state index contributed by atoms with van der Waals surface area (Å²) in [5.74, 6) is -1.23. The van der Waals surface area contributed by atoms with Crippen LogP contribution in [0.5, 0.6) is 0 Å². The van der Waals surface area contributed by atoms with Crippen LogP contribution in [0.1, 0.15) is 51.7 Å². The summed E-state index contributed by atoms with van der Waals surface area (Å²) in [5, 5.41) is 4.93. The van der Waals surface area contributed by atoms with Crippen molar-refractivity contribution in [2.75, 3.05) is 5.32 Å². The maximum Gasteiger partial charge on any atom is 0.258 e. The highest BCUT2D eigenvalue weighted by atomic mass is 16.2. The second-order valence-corrected chi connectivity index (χ2v) is 6.95. The molecule has 0 aliphatic carbocycles. The number of hydrogen-bond acceptors (Lipinski definition) is 6. The van der Waals surface area contributed by atoms with Gasteiger partial charge in [-0.1, -0.05) is 6.92 Å². The van der Waals surface area contributed by atoms with E-state index in [1.54, 1.807) is 30.5 Å². The molecule has 2 aliphatic heterocycles. The second-order valence-electron chi connectivity index (χ2n) is 6.95. The van der Waals surface area contributed by atoms with E-state index in [9.17, 15) is 19.2 Å². The van der Waals surface area contributed by atoms with Gasteiger partial charge >= 0.3 is 0 Å². The SMILES string of the molecule is CCc1ccnc(NC(=O)c2ccc3c(c2)CN(C2CCC(=O)NC2=O)C3=O)n1. The zero-order chi connectivity index (χ0) is 20.5. The first kappa shape index (κ1) is 18.7. The van der Waals surface area contributed by atoms with Gasteiger partial charge < -0.3 is 4.90 Å². The Bertz CT molecular complexity index is 1040. The molecule has 3 heterocycles. The molecule has 29 heavy (non-hydrogen) atoms. The van der Waals surface area contributed by atoms with E-state index in [0.29, 0.717) is 23.1 Å². The Balaban J connectivity index is 1.51. The minimum atomic E-state index is -0.685. The van der Waals surface area contributed by atoms with Gasteiger partial charge in [-0.2, -0.15) is 0 Å². The van der Waals surface area contributed by atoms with Gasteiger partial charge in [-0.15, -0.1) is 0 Å². The van der Waals surface area contributed by atoms with Crippen LogP contribution >= 0.6 is 0 Å². The predicted octanol–water partition coefficient (Wildman–Crippen LogP) is 1.05. The van der Waals surface area contributed by atoms with Gasteiger partial charge in [0.2, 0.25) is 17.8 Å². The summed E-state index contributed by atoms with van der Waals surface area (Å²) >= 11 is 0. The second kappa shape index (κ2) is 7.42. The number of rotatable bonds is 4. The minimum Gasteiger partial charge on any atom is -0.322 e. The number of carbonyl (C=O) groups is 4. The molecule has 4 rings (SSSR count). The fourth-order valence-electron chi connectivity index (χ4n) is 3.54. The predicted molar refractivity (Wildman–Crippen MR) is 102 cm³/mol. The lowest BCUT2D eigenvalue weighted by atomic mass is 10.0. The van der Waals surface area contributed by atoms with Gasteiger partial charge in [-0.25, -0.2) is 9.97 Å². The van der Waals surface area contributed by atoms with Crippen LogP contribution < -0.4 is 10.6 Å². The third kappa shape index (κ3) is 3.58. The standard InChI is InChI=1S/C20H19N5O4/c1-2-13-7-8-21-20(22-13)24-17(27)11-3-4-14-12(9-11)10-25(19(14)29)15-5-6-16(26)23-18(15)28/h3-4,7-9,15H,2,5-6,10H2,1H3,(H,23,26,28)(H,21,22,24,27). The van der Waals surface area contributed by atoms with Crippen LogP contribution in [-0.2, 0) is 22.6 Å². The van der Waals surface area contributed by atoms with E-state index < -0.39 is 11.9 Å². The van der Waals surface area contributed by atoms with Gasteiger partial charge in [0.25, 0.3) is 11.8 Å². The van der Waals surface area contributed by atoms with Crippen LogP contribution in [0, 0.1) is 0 Å². The molecule has 1 aromatic carbocycles. The zero-order valence-corrected chi connectivity index (χ0v) is 15.8. The highest BCUT2D eigenvalue weighted by Gasteiger charge is 2.39. The number of piperidine rings is 1. The molecular weight excluding hydrogens is 374 g/mol. The number of hydrogen-bond donors (Lipinski definition) is 2. The number of aryl methyl sites for hydroxylation is 1. The van der Waals surface area contributed by atoms with E-state index >= 15 is 0 Å². The summed E-state index contributed by atoms with van der Waals surface area (Å²) in [6, 6.07) is 5.87. The molecule has 9 heteroatoms.